The first-order valence-electron chi connectivity index (χ1n) is 5.69. The van der Waals surface area contributed by atoms with Gasteiger partial charge in [-0.3, -0.25) is 4.79 Å². The Labute approximate surface area is 115 Å². The lowest BCUT2D eigenvalue weighted by molar-refractivity contribution is -0.135. The van der Waals surface area contributed by atoms with Crippen molar-refractivity contribution >= 4 is 23.3 Å². The number of rotatable bonds is 5. The van der Waals surface area contributed by atoms with Gasteiger partial charge < -0.3 is 14.5 Å². The zero-order valence-electron chi connectivity index (χ0n) is 10.3. The molecule has 5 nitrogen and oxygen atoms in total. The van der Waals surface area contributed by atoms with Gasteiger partial charge in [0.1, 0.15) is 18.0 Å². The molecule has 0 aliphatic heterocycles. The van der Waals surface area contributed by atoms with Crippen LogP contribution in [0, 0.1) is 6.92 Å². The fourth-order valence-electron chi connectivity index (χ4n) is 1.76. The number of carbonyl (C=O) groups is 1. The number of hydrogen-bond donors (Lipinski definition) is 1. The van der Waals surface area contributed by atoms with Gasteiger partial charge >= 0.3 is 5.97 Å². The van der Waals surface area contributed by atoms with Crippen LogP contribution >= 0.6 is 11.6 Å². The average Bonchev–Trinajstić information content (AvgIpc) is 2.73. The Morgan fingerprint density at radius 1 is 1.47 bits per heavy atom. The molecule has 1 aromatic heterocycles. The van der Waals surface area contributed by atoms with Crippen molar-refractivity contribution in [3.8, 4) is 0 Å². The van der Waals surface area contributed by atoms with Crippen LogP contribution in [0.5, 0.6) is 0 Å². The predicted molar refractivity (Wildman–Crippen MR) is 71.4 cm³/mol. The molecule has 0 atom stereocenters. The Bertz CT molecular complexity index is 583. The second kappa shape index (κ2) is 5.75. The molecule has 2 aromatic rings. The quantitative estimate of drug-likeness (QED) is 0.912. The van der Waals surface area contributed by atoms with Crippen LogP contribution < -0.4 is 4.90 Å². The molecule has 0 saturated carbocycles. The number of anilines is 1. The van der Waals surface area contributed by atoms with Crippen LogP contribution in [-0.2, 0) is 11.3 Å². The van der Waals surface area contributed by atoms with Crippen LogP contribution in [0.15, 0.2) is 34.9 Å². The van der Waals surface area contributed by atoms with E-state index in [1.807, 2.05) is 6.07 Å². The van der Waals surface area contributed by atoms with Gasteiger partial charge in [0.2, 0.25) is 0 Å². The molecule has 0 amide bonds. The number of aromatic nitrogens is 1. The van der Waals surface area contributed by atoms with Gasteiger partial charge in [-0.1, -0.05) is 22.8 Å². The average molecular weight is 281 g/mol. The number of aliphatic carboxylic acids is 1. The summed E-state index contributed by atoms with van der Waals surface area (Å²) in [5.41, 5.74) is 1.41. The Hall–Kier alpha value is -2.01. The molecule has 1 aromatic carbocycles. The molecule has 100 valence electrons. The number of aryl methyl sites for hydroxylation is 1. The molecule has 0 bridgehead atoms. The van der Waals surface area contributed by atoms with Crippen LogP contribution in [0.3, 0.4) is 0 Å². The molecule has 2 rings (SSSR count). The topological polar surface area (TPSA) is 66.6 Å². The molecule has 0 saturated heterocycles. The lowest BCUT2D eigenvalue weighted by Crippen LogP contribution is -2.29. The fraction of sp³-hybridized carbons (Fsp3) is 0.231. The first-order valence-corrected chi connectivity index (χ1v) is 6.07. The third kappa shape index (κ3) is 3.72. The molecular formula is C13H13ClN2O3. The maximum absolute atomic E-state index is 10.9. The van der Waals surface area contributed by atoms with Crippen LogP contribution in [0.25, 0.3) is 0 Å². The van der Waals surface area contributed by atoms with Gasteiger partial charge in [0.15, 0.2) is 0 Å². The summed E-state index contributed by atoms with van der Waals surface area (Å²) >= 11 is 5.92. The molecule has 0 aliphatic carbocycles. The molecule has 0 aliphatic rings. The second-order valence-electron chi connectivity index (χ2n) is 4.16. The molecule has 0 radical (unpaired) electrons. The Morgan fingerprint density at radius 3 is 2.84 bits per heavy atom. The van der Waals surface area contributed by atoms with Crippen molar-refractivity contribution in [1.29, 1.82) is 0 Å². The predicted octanol–water partition coefficient (Wildman–Crippen LogP) is 2.73. The van der Waals surface area contributed by atoms with E-state index >= 15 is 0 Å². The summed E-state index contributed by atoms with van der Waals surface area (Å²) in [5.74, 6) is -0.225. The second-order valence-corrected chi connectivity index (χ2v) is 4.60. The SMILES string of the molecule is Cc1cc(CN(CC(=O)O)c2cccc(Cl)c2)no1. The first-order chi connectivity index (χ1) is 9.04. The fourth-order valence-corrected chi connectivity index (χ4v) is 1.95. The molecular weight excluding hydrogens is 268 g/mol. The molecule has 0 unspecified atom stereocenters. The summed E-state index contributed by atoms with van der Waals surface area (Å²) in [5, 5.41) is 13.4. The van der Waals surface area contributed by atoms with E-state index in [0.29, 0.717) is 23.0 Å². The van der Waals surface area contributed by atoms with Gasteiger partial charge in [0.25, 0.3) is 0 Å². The number of nitrogens with zero attached hydrogens (tertiary/aromatic N) is 2. The molecule has 19 heavy (non-hydrogen) atoms. The van der Waals surface area contributed by atoms with E-state index in [1.54, 1.807) is 36.1 Å². The minimum absolute atomic E-state index is 0.133. The number of carboxylic acids is 1. The van der Waals surface area contributed by atoms with E-state index < -0.39 is 5.97 Å². The van der Waals surface area contributed by atoms with E-state index in [9.17, 15) is 4.79 Å². The van der Waals surface area contributed by atoms with Crippen molar-refractivity contribution in [3.05, 3.63) is 46.8 Å². The van der Waals surface area contributed by atoms with Crippen molar-refractivity contribution in [2.45, 2.75) is 13.5 Å². The molecule has 1 heterocycles. The number of benzene rings is 1. The van der Waals surface area contributed by atoms with E-state index in [0.717, 1.165) is 5.69 Å². The van der Waals surface area contributed by atoms with E-state index in [2.05, 4.69) is 5.16 Å². The van der Waals surface area contributed by atoms with Crippen molar-refractivity contribution < 1.29 is 14.4 Å². The summed E-state index contributed by atoms with van der Waals surface area (Å²) in [7, 11) is 0. The smallest absolute Gasteiger partial charge is 0.323 e. The number of hydrogen-bond acceptors (Lipinski definition) is 4. The summed E-state index contributed by atoms with van der Waals surface area (Å²) in [4.78, 5) is 12.6. The highest BCUT2D eigenvalue weighted by atomic mass is 35.5. The van der Waals surface area contributed by atoms with E-state index in [-0.39, 0.29) is 6.54 Å². The standard InChI is InChI=1S/C13H13ClN2O3/c1-9-5-11(15-19-9)7-16(8-13(17)18)12-4-2-3-10(14)6-12/h2-6H,7-8H2,1H3,(H,17,18). The van der Waals surface area contributed by atoms with Crippen molar-refractivity contribution in [2.24, 2.45) is 0 Å². The number of halogens is 1. The summed E-state index contributed by atoms with van der Waals surface area (Å²) < 4.78 is 4.98. The normalized spacial score (nSPS) is 10.4. The first kappa shape index (κ1) is 13.4. The van der Waals surface area contributed by atoms with Crippen molar-refractivity contribution in [2.75, 3.05) is 11.4 Å². The van der Waals surface area contributed by atoms with Crippen LogP contribution in [0.1, 0.15) is 11.5 Å². The minimum Gasteiger partial charge on any atom is -0.480 e. The summed E-state index contributed by atoms with van der Waals surface area (Å²) in [6, 6.07) is 8.82. The lowest BCUT2D eigenvalue weighted by Gasteiger charge is -2.21. The van der Waals surface area contributed by atoms with Gasteiger partial charge in [-0.15, -0.1) is 0 Å². The molecule has 1 N–H and O–H groups in total. The van der Waals surface area contributed by atoms with E-state index in [1.165, 1.54) is 0 Å². The van der Waals surface area contributed by atoms with Crippen molar-refractivity contribution in [1.82, 2.24) is 5.16 Å². The van der Waals surface area contributed by atoms with Gasteiger partial charge in [-0.25, -0.2) is 0 Å². The Morgan fingerprint density at radius 2 is 2.26 bits per heavy atom. The van der Waals surface area contributed by atoms with Crippen molar-refractivity contribution in [3.63, 3.8) is 0 Å². The highest BCUT2D eigenvalue weighted by molar-refractivity contribution is 6.30. The molecule has 0 spiro atoms. The summed E-state index contributed by atoms with van der Waals surface area (Å²) in [6.07, 6.45) is 0. The monoisotopic (exact) mass is 280 g/mol. The molecule has 6 heteroatoms. The van der Waals surface area contributed by atoms with Gasteiger partial charge in [-0.2, -0.15) is 0 Å². The van der Waals surface area contributed by atoms with E-state index in [4.69, 9.17) is 21.2 Å². The zero-order valence-corrected chi connectivity index (χ0v) is 11.1. The largest absolute Gasteiger partial charge is 0.480 e. The highest BCUT2D eigenvalue weighted by Gasteiger charge is 2.13. The third-order valence-corrected chi connectivity index (χ3v) is 2.76. The number of carboxylic acid groups (broad SMARTS) is 1. The minimum atomic E-state index is -0.916. The third-order valence-electron chi connectivity index (χ3n) is 2.53. The maximum atomic E-state index is 10.9. The van der Waals surface area contributed by atoms with Gasteiger partial charge in [0.05, 0.1) is 6.54 Å². The van der Waals surface area contributed by atoms with Crippen LogP contribution in [0.4, 0.5) is 5.69 Å². The highest BCUT2D eigenvalue weighted by Crippen LogP contribution is 2.21. The van der Waals surface area contributed by atoms with Crippen LogP contribution in [0.2, 0.25) is 5.02 Å². The maximum Gasteiger partial charge on any atom is 0.323 e. The Balaban J connectivity index is 2.22. The summed E-state index contributed by atoms with van der Waals surface area (Å²) in [6.45, 7) is 2.01. The van der Waals surface area contributed by atoms with Crippen LogP contribution in [-0.4, -0.2) is 22.8 Å². The molecule has 0 fully saturated rings. The van der Waals surface area contributed by atoms with Gasteiger partial charge in [-0.05, 0) is 25.1 Å². The zero-order chi connectivity index (χ0) is 13.8. The Kier molecular flexibility index (Phi) is 4.06. The lowest BCUT2D eigenvalue weighted by atomic mass is 10.2. The van der Waals surface area contributed by atoms with Gasteiger partial charge in [0, 0.05) is 16.8 Å².